The second kappa shape index (κ2) is 7.13. The van der Waals surface area contributed by atoms with Gasteiger partial charge in [0.2, 0.25) is 11.8 Å². The first-order chi connectivity index (χ1) is 10.8. The van der Waals surface area contributed by atoms with E-state index in [0.717, 1.165) is 11.3 Å². The fraction of sp³-hybridized carbons (Fsp3) is 0.556. The van der Waals surface area contributed by atoms with Crippen molar-refractivity contribution in [3.63, 3.8) is 0 Å². The smallest absolute Gasteiger partial charge is 0.242 e. The molecule has 2 amide bonds. The topological polar surface area (TPSA) is 49.9 Å². The van der Waals surface area contributed by atoms with E-state index < -0.39 is 0 Å². The van der Waals surface area contributed by atoms with Crippen molar-refractivity contribution in [2.45, 2.75) is 33.1 Å². The van der Waals surface area contributed by atoms with Gasteiger partial charge in [-0.2, -0.15) is 0 Å². The largest absolute Gasteiger partial charge is 0.378 e. The molecule has 2 rings (SSSR count). The molecule has 0 aromatic heterocycles. The molecule has 0 unspecified atom stereocenters. The predicted molar refractivity (Wildman–Crippen MR) is 90.6 cm³/mol. The zero-order valence-corrected chi connectivity index (χ0v) is 14.5. The minimum Gasteiger partial charge on any atom is -0.378 e. The fourth-order valence-electron chi connectivity index (χ4n) is 2.76. The number of carbonyl (C=O) groups excluding carboxylic acids is 2. The molecule has 0 saturated carbocycles. The third-order valence-electron chi connectivity index (χ3n) is 4.04. The van der Waals surface area contributed by atoms with Crippen LogP contribution in [0.4, 0.5) is 5.69 Å². The van der Waals surface area contributed by atoms with Crippen molar-refractivity contribution >= 4 is 17.5 Å². The molecule has 0 bridgehead atoms. The third kappa shape index (κ3) is 4.32. The van der Waals surface area contributed by atoms with Crippen molar-refractivity contribution in [2.24, 2.45) is 0 Å². The Morgan fingerprint density at radius 3 is 2.35 bits per heavy atom. The summed E-state index contributed by atoms with van der Waals surface area (Å²) in [4.78, 5) is 28.0. The Labute approximate surface area is 138 Å². The van der Waals surface area contributed by atoms with Gasteiger partial charge < -0.3 is 14.5 Å². The molecule has 1 aliphatic rings. The molecular weight excluding hydrogens is 292 g/mol. The third-order valence-corrected chi connectivity index (χ3v) is 4.04. The molecule has 1 aliphatic heterocycles. The van der Waals surface area contributed by atoms with Crippen LogP contribution in [0, 0.1) is 0 Å². The summed E-state index contributed by atoms with van der Waals surface area (Å²) in [5.74, 6) is -0.157. The van der Waals surface area contributed by atoms with E-state index in [1.165, 1.54) is 6.92 Å². The summed E-state index contributed by atoms with van der Waals surface area (Å²) in [5, 5.41) is 0. The molecule has 0 atom stereocenters. The van der Waals surface area contributed by atoms with Crippen LogP contribution >= 0.6 is 0 Å². The van der Waals surface area contributed by atoms with Crippen LogP contribution < -0.4 is 4.90 Å². The Kier molecular flexibility index (Phi) is 5.42. The van der Waals surface area contributed by atoms with Gasteiger partial charge in [-0.15, -0.1) is 0 Å². The SMILES string of the molecule is CC(=O)N(CC(=O)N1CCOCC1)c1ccccc1C(C)(C)C. The van der Waals surface area contributed by atoms with E-state index in [9.17, 15) is 9.59 Å². The Morgan fingerprint density at radius 1 is 1.17 bits per heavy atom. The van der Waals surface area contributed by atoms with Gasteiger partial charge in [-0.25, -0.2) is 0 Å². The van der Waals surface area contributed by atoms with Crippen LogP contribution in [-0.2, 0) is 19.7 Å². The van der Waals surface area contributed by atoms with Crippen LogP contribution in [0.25, 0.3) is 0 Å². The van der Waals surface area contributed by atoms with E-state index in [4.69, 9.17) is 4.74 Å². The summed E-state index contributed by atoms with van der Waals surface area (Å²) < 4.78 is 5.28. The highest BCUT2D eigenvalue weighted by Crippen LogP contribution is 2.32. The molecule has 1 aromatic carbocycles. The number of benzene rings is 1. The maximum atomic E-state index is 12.5. The van der Waals surface area contributed by atoms with E-state index in [2.05, 4.69) is 20.8 Å². The van der Waals surface area contributed by atoms with Crippen molar-refractivity contribution in [1.82, 2.24) is 4.90 Å². The average molecular weight is 318 g/mol. The number of hydrogen-bond acceptors (Lipinski definition) is 3. The maximum Gasteiger partial charge on any atom is 0.242 e. The number of hydrogen-bond donors (Lipinski definition) is 0. The number of morpholine rings is 1. The van der Waals surface area contributed by atoms with E-state index >= 15 is 0 Å². The molecule has 126 valence electrons. The minimum atomic E-state index is -0.122. The van der Waals surface area contributed by atoms with E-state index in [1.54, 1.807) is 9.80 Å². The minimum absolute atomic E-state index is 0.0350. The van der Waals surface area contributed by atoms with E-state index in [-0.39, 0.29) is 23.8 Å². The maximum absolute atomic E-state index is 12.5. The number of nitrogens with zero attached hydrogens (tertiary/aromatic N) is 2. The zero-order chi connectivity index (χ0) is 17.0. The van der Waals surface area contributed by atoms with Gasteiger partial charge in [0, 0.05) is 25.7 Å². The van der Waals surface area contributed by atoms with Gasteiger partial charge in [0.05, 0.1) is 13.2 Å². The molecule has 1 fully saturated rings. The number of amides is 2. The lowest BCUT2D eigenvalue weighted by Gasteiger charge is -2.32. The second-order valence-electron chi connectivity index (χ2n) is 6.87. The fourth-order valence-corrected chi connectivity index (χ4v) is 2.76. The van der Waals surface area contributed by atoms with Crippen LogP contribution in [-0.4, -0.2) is 49.6 Å². The van der Waals surface area contributed by atoms with Crippen LogP contribution in [0.2, 0.25) is 0 Å². The summed E-state index contributed by atoms with van der Waals surface area (Å²) in [5.41, 5.74) is 1.77. The van der Waals surface area contributed by atoms with Crippen LogP contribution in [0.5, 0.6) is 0 Å². The molecule has 0 aliphatic carbocycles. The van der Waals surface area contributed by atoms with E-state index in [0.29, 0.717) is 26.3 Å². The van der Waals surface area contributed by atoms with Gasteiger partial charge in [0.1, 0.15) is 6.54 Å². The predicted octanol–water partition coefficient (Wildman–Crippen LogP) is 2.20. The van der Waals surface area contributed by atoms with Gasteiger partial charge >= 0.3 is 0 Å². The number of rotatable bonds is 3. The highest BCUT2D eigenvalue weighted by Gasteiger charge is 2.26. The van der Waals surface area contributed by atoms with Gasteiger partial charge in [-0.3, -0.25) is 9.59 Å². The van der Waals surface area contributed by atoms with Gasteiger partial charge in [0.25, 0.3) is 0 Å². The van der Waals surface area contributed by atoms with Crippen molar-refractivity contribution in [3.05, 3.63) is 29.8 Å². The lowest BCUT2D eigenvalue weighted by atomic mass is 9.85. The highest BCUT2D eigenvalue weighted by atomic mass is 16.5. The Hall–Kier alpha value is -1.88. The first kappa shape index (κ1) is 17.5. The molecule has 0 spiro atoms. The molecule has 1 heterocycles. The standard InChI is InChI=1S/C18H26N2O3/c1-14(21)20(13-17(22)19-9-11-23-12-10-19)16-8-6-5-7-15(16)18(2,3)4/h5-8H,9-13H2,1-4H3. The van der Waals surface area contributed by atoms with Gasteiger partial charge in [-0.05, 0) is 17.0 Å². The lowest BCUT2D eigenvalue weighted by molar-refractivity contribution is -0.134. The van der Waals surface area contributed by atoms with Crippen LogP contribution in [0.3, 0.4) is 0 Å². The zero-order valence-electron chi connectivity index (χ0n) is 14.5. The Bertz CT molecular complexity index is 572. The number of ether oxygens (including phenoxy) is 1. The summed E-state index contributed by atoms with van der Waals surface area (Å²) >= 11 is 0. The number of para-hydroxylation sites is 1. The lowest BCUT2D eigenvalue weighted by Crippen LogP contribution is -2.47. The molecule has 5 heteroatoms. The van der Waals surface area contributed by atoms with E-state index in [1.807, 2.05) is 24.3 Å². The molecule has 23 heavy (non-hydrogen) atoms. The molecule has 0 N–H and O–H groups in total. The first-order valence-electron chi connectivity index (χ1n) is 8.04. The molecule has 5 nitrogen and oxygen atoms in total. The number of carbonyl (C=O) groups is 2. The second-order valence-corrected chi connectivity index (χ2v) is 6.87. The van der Waals surface area contributed by atoms with Gasteiger partial charge in [-0.1, -0.05) is 39.0 Å². The van der Waals surface area contributed by atoms with Crippen molar-refractivity contribution in [1.29, 1.82) is 0 Å². The Morgan fingerprint density at radius 2 is 1.78 bits per heavy atom. The average Bonchev–Trinajstić information content (AvgIpc) is 2.52. The molecule has 0 radical (unpaired) electrons. The summed E-state index contributed by atoms with van der Waals surface area (Å²) in [6, 6.07) is 7.80. The van der Waals surface area contributed by atoms with Crippen molar-refractivity contribution in [2.75, 3.05) is 37.7 Å². The summed E-state index contributed by atoms with van der Waals surface area (Å²) in [6.07, 6.45) is 0. The monoisotopic (exact) mass is 318 g/mol. The summed E-state index contributed by atoms with van der Waals surface area (Å²) in [7, 11) is 0. The first-order valence-corrected chi connectivity index (χ1v) is 8.04. The molecular formula is C18H26N2O3. The molecule has 1 saturated heterocycles. The van der Waals surface area contributed by atoms with Crippen molar-refractivity contribution in [3.8, 4) is 0 Å². The summed E-state index contributed by atoms with van der Waals surface area (Å²) in [6.45, 7) is 10.2. The van der Waals surface area contributed by atoms with Crippen LogP contribution in [0.15, 0.2) is 24.3 Å². The van der Waals surface area contributed by atoms with Crippen molar-refractivity contribution < 1.29 is 14.3 Å². The number of anilines is 1. The highest BCUT2D eigenvalue weighted by molar-refractivity contribution is 5.98. The van der Waals surface area contributed by atoms with Gasteiger partial charge in [0.15, 0.2) is 0 Å². The normalized spacial score (nSPS) is 15.4. The molecule has 1 aromatic rings. The quantitative estimate of drug-likeness (QED) is 0.858. The van der Waals surface area contributed by atoms with Crippen LogP contribution in [0.1, 0.15) is 33.3 Å². The Balaban J connectivity index is 2.26.